The van der Waals surface area contributed by atoms with E-state index in [4.69, 9.17) is 10.5 Å². The highest BCUT2D eigenvalue weighted by molar-refractivity contribution is 5.94. The fraction of sp³-hybridized carbons (Fsp3) is 0.765. The number of esters is 1. The predicted octanol–water partition coefficient (Wildman–Crippen LogP) is -0.614. The maximum atomic E-state index is 12.3. The second kappa shape index (κ2) is 8.03. The van der Waals surface area contributed by atoms with Gasteiger partial charge in [0.15, 0.2) is 6.10 Å². The van der Waals surface area contributed by atoms with Crippen molar-refractivity contribution in [2.24, 2.45) is 23.5 Å². The third kappa shape index (κ3) is 4.51. The second-order valence-corrected chi connectivity index (χ2v) is 7.30. The summed E-state index contributed by atoms with van der Waals surface area (Å²) in [6.07, 6.45) is 0.831. The summed E-state index contributed by atoms with van der Waals surface area (Å²) in [4.78, 5) is 46.8. The molecule has 0 unspecified atom stereocenters. The van der Waals surface area contributed by atoms with Crippen LogP contribution in [-0.4, -0.2) is 53.1 Å². The van der Waals surface area contributed by atoms with Crippen LogP contribution in [0.25, 0.3) is 0 Å². The maximum Gasteiger partial charge on any atom is 0.326 e. The molecule has 1 saturated carbocycles. The lowest BCUT2D eigenvalue weighted by atomic mass is 9.83. The van der Waals surface area contributed by atoms with Gasteiger partial charge in [-0.05, 0) is 31.6 Å². The topological polar surface area (TPSA) is 148 Å². The summed E-state index contributed by atoms with van der Waals surface area (Å²) in [5.41, 5.74) is 5.44. The highest BCUT2D eigenvalue weighted by Crippen LogP contribution is 2.37. The SMILES string of the molecule is CC[C@H](C)[C@@H]1C(=O)O[C@H]1C(=O)N[C@H]1C[C@@H]1C[C@H](NC(=O)[C@@H](C)N)C(=O)O. The van der Waals surface area contributed by atoms with E-state index in [9.17, 15) is 24.3 Å². The molecule has 26 heavy (non-hydrogen) atoms. The molecule has 146 valence electrons. The van der Waals surface area contributed by atoms with Crippen molar-refractivity contribution in [3.8, 4) is 0 Å². The summed E-state index contributed by atoms with van der Waals surface area (Å²) in [5, 5.41) is 14.4. The molecule has 2 amide bonds. The van der Waals surface area contributed by atoms with Gasteiger partial charge in [0.05, 0.1) is 6.04 Å². The van der Waals surface area contributed by atoms with Gasteiger partial charge in [-0.2, -0.15) is 0 Å². The van der Waals surface area contributed by atoms with Crippen molar-refractivity contribution in [1.82, 2.24) is 10.6 Å². The molecule has 9 nitrogen and oxygen atoms in total. The van der Waals surface area contributed by atoms with Crippen molar-refractivity contribution in [2.75, 3.05) is 0 Å². The zero-order chi connectivity index (χ0) is 19.6. The summed E-state index contributed by atoms with van der Waals surface area (Å²) in [6, 6.07) is -2.01. The highest BCUT2D eigenvalue weighted by Gasteiger charge is 2.51. The molecule has 9 heteroatoms. The summed E-state index contributed by atoms with van der Waals surface area (Å²) < 4.78 is 4.98. The number of nitrogens with two attached hydrogens (primary N) is 1. The normalized spacial score (nSPS) is 30.2. The van der Waals surface area contributed by atoms with Crippen molar-refractivity contribution in [2.45, 2.75) is 64.3 Å². The molecule has 0 aromatic rings. The van der Waals surface area contributed by atoms with Crippen LogP contribution < -0.4 is 16.4 Å². The molecule has 1 saturated heterocycles. The van der Waals surface area contributed by atoms with Crippen LogP contribution in [0.5, 0.6) is 0 Å². The molecule has 7 atom stereocenters. The Morgan fingerprint density at radius 2 is 2.00 bits per heavy atom. The summed E-state index contributed by atoms with van der Waals surface area (Å²) in [6.45, 7) is 5.33. The monoisotopic (exact) mass is 369 g/mol. The van der Waals surface area contributed by atoms with Crippen LogP contribution in [-0.2, 0) is 23.9 Å². The first kappa shape index (κ1) is 20.2. The smallest absolute Gasteiger partial charge is 0.326 e. The molecule has 1 aliphatic heterocycles. The predicted molar refractivity (Wildman–Crippen MR) is 90.7 cm³/mol. The fourth-order valence-electron chi connectivity index (χ4n) is 3.11. The largest absolute Gasteiger partial charge is 0.480 e. The number of ether oxygens (including phenoxy) is 1. The highest BCUT2D eigenvalue weighted by atomic mass is 16.6. The molecule has 0 aromatic carbocycles. The minimum absolute atomic E-state index is 0.0498. The molecular formula is C17H27N3O6. The van der Waals surface area contributed by atoms with E-state index in [1.165, 1.54) is 6.92 Å². The van der Waals surface area contributed by atoms with Crippen LogP contribution in [0.1, 0.15) is 40.0 Å². The zero-order valence-corrected chi connectivity index (χ0v) is 15.2. The Morgan fingerprint density at radius 3 is 2.50 bits per heavy atom. The van der Waals surface area contributed by atoms with Gasteiger partial charge >= 0.3 is 11.9 Å². The van der Waals surface area contributed by atoms with E-state index < -0.39 is 36.0 Å². The van der Waals surface area contributed by atoms with Gasteiger partial charge in [-0.1, -0.05) is 20.3 Å². The average molecular weight is 369 g/mol. The Kier molecular flexibility index (Phi) is 6.22. The third-order valence-electron chi connectivity index (χ3n) is 5.17. The number of aliphatic carboxylic acids is 1. The van der Waals surface area contributed by atoms with E-state index in [-0.39, 0.29) is 36.2 Å². The lowest BCUT2D eigenvalue weighted by Crippen LogP contribution is -2.56. The second-order valence-electron chi connectivity index (χ2n) is 7.30. The summed E-state index contributed by atoms with van der Waals surface area (Å²) >= 11 is 0. The Labute approximate surface area is 152 Å². The fourth-order valence-corrected chi connectivity index (χ4v) is 3.11. The molecule has 1 heterocycles. The quantitative estimate of drug-likeness (QED) is 0.396. The van der Waals surface area contributed by atoms with Crippen molar-refractivity contribution in [3.63, 3.8) is 0 Å². The minimum Gasteiger partial charge on any atom is -0.480 e. The summed E-state index contributed by atoms with van der Waals surface area (Å²) in [7, 11) is 0. The molecule has 0 aromatic heterocycles. The molecule has 5 N–H and O–H groups in total. The molecule has 2 fully saturated rings. The standard InChI is InChI=1S/C17H27N3O6/c1-4-7(2)12-13(26-17(12)25)15(22)19-10-5-9(10)6-11(16(23)24)20-14(21)8(3)18/h7-13H,4-6,18H2,1-3H3,(H,19,22)(H,20,21)(H,23,24)/t7-,8+,9+,10-,11-,12-,13+/m0/s1. The number of nitrogens with one attached hydrogen (secondary N) is 2. The maximum absolute atomic E-state index is 12.3. The Hall–Kier alpha value is -2.16. The summed E-state index contributed by atoms with van der Waals surface area (Å²) in [5.74, 6) is -2.77. The van der Waals surface area contributed by atoms with E-state index in [2.05, 4.69) is 10.6 Å². The van der Waals surface area contributed by atoms with E-state index in [1.54, 1.807) is 0 Å². The molecule has 0 bridgehead atoms. The number of carboxylic acid groups (broad SMARTS) is 1. The van der Waals surface area contributed by atoms with Gasteiger partial charge in [0.2, 0.25) is 5.91 Å². The van der Waals surface area contributed by atoms with E-state index in [0.29, 0.717) is 6.42 Å². The van der Waals surface area contributed by atoms with Crippen LogP contribution in [0.2, 0.25) is 0 Å². The van der Waals surface area contributed by atoms with E-state index in [1.807, 2.05) is 13.8 Å². The first-order valence-electron chi connectivity index (χ1n) is 8.95. The van der Waals surface area contributed by atoms with Crippen LogP contribution in [0.4, 0.5) is 0 Å². The van der Waals surface area contributed by atoms with Crippen molar-refractivity contribution < 1.29 is 29.0 Å². The number of cyclic esters (lactones) is 1. The molecule has 0 radical (unpaired) electrons. The van der Waals surface area contributed by atoms with Gasteiger partial charge in [-0.25, -0.2) is 4.79 Å². The number of rotatable bonds is 9. The van der Waals surface area contributed by atoms with Gasteiger partial charge < -0.3 is 26.2 Å². The van der Waals surface area contributed by atoms with Gasteiger partial charge in [0, 0.05) is 6.04 Å². The van der Waals surface area contributed by atoms with Crippen LogP contribution in [0.3, 0.4) is 0 Å². The number of carbonyl (C=O) groups is 4. The molecule has 1 aliphatic carbocycles. The first-order chi connectivity index (χ1) is 12.1. The van der Waals surface area contributed by atoms with Crippen molar-refractivity contribution >= 4 is 23.8 Å². The van der Waals surface area contributed by atoms with Crippen molar-refractivity contribution in [1.29, 1.82) is 0 Å². The first-order valence-corrected chi connectivity index (χ1v) is 8.95. The van der Waals surface area contributed by atoms with E-state index in [0.717, 1.165) is 6.42 Å². The van der Waals surface area contributed by atoms with Gasteiger partial charge in [0.25, 0.3) is 5.91 Å². The minimum atomic E-state index is -1.14. The van der Waals surface area contributed by atoms with Crippen molar-refractivity contribution in [3.05, 3.63) is 0 Å². The lowest BCUT2D eigenvalue weighted by molar-refractivity contribution is -0.193. The van der Waals surface area contributed by atoms with Crippen LogP contribution in [0.15, 0.2) is 0 Å². The molecular weight excluding hydrogens is 342 g/mol. The number of amides is 2. The van der Waals surface area contributed by atoms with Gasteiger partial charge in [0.1, 0.15) is 12.0 Å². The molecule has 2 aliphatic rings. The van der Waals surface area contributed by atoms with Gasteiger partial charge in [-0.15, -0.1) is 0 Å². The number of carbonyl (C=O) groups excluding carboxylic acids is 3. The Bertz CT molecular complexity index is 593. The Morgan fingerprint density at radius 1 is 1.35 bits per heavy atom. The molecule has 2 rings (SSSR count). The Balaban J connectivity index is 1.82. The number of hydrogen-bond acceptors (Lipinski definition) is 6. The van der Waals surface area contributed by atoms with Gasteiger partial charge in [-0.3, -0.25) is 14.4 Å². The van der Waals surface area contributed by atoms with Crippen LogP contribution in [0, 0.1) is 17.8 Å². The number of carboxylic acids is 1. The zero-order valence-electron chi connectivity index (χ0n) is 15.2. The number of hydrogen-bond donors (Lipinski definition) is 4. The third-order valence-corrected chi connectivity index (χ3v) is 5.17. The van der Waals surface area contributed by atoms with Crippen LogP contribution >= 0.6 is 0 Å². The average Bonchev–Trinajstić information content (AvgIpc) is 3.28. The van der Waals surface area contributed by atoms with E-state index >= 15 is 0 Å². The molecule has 0 spiro atoms. The lowest BCUT2D eigenvalue weighted by Gasteiger charge is -2.37.